The van der Waals surface area contributed by atoms with Crippen LogP contribution in [0.5, 0.6) is 11.5 Å². The fourth-order valence-electron chi connectivity index (χ4n) is 10.8. The predicted molar refractivity (Wildman–Crippen MR) is 179 cm³/mol. The van der Waals surface area contributed by atoms with E-state index in [2.05, 4.69) is 13.8 Å². The molecule has 0 heterocycles. The van der Waals surface area contributed by atoms with Crippen molar-refractivity contribution in [2.24, 2.45) is 46.3 Å². The molecule has 0 aromatic heterocycles. The summed E-state index contributed by atoms with van der Waals surface area (Å²) in [5.41, 5.74) is 13.3. The van der Waals surface area contributed by atoms with Crippen molar-refractivity contribution >= 4 is 17.3 Å². The number of rotatable bonds is 9. The Balaban J connectivity index is 1.19. The van der Waals surface area contributed by atoms with Crippen molar-refractivity contribution in [3.05, 3.63) is 48.5 Å². The average Bonchev–Trinajstić information content (AvgIpc) is 3.39. The Labute approximate surface area is 285 Å². The van der Waals surface area contributed by atoms with Gasteiger partial charge >= 0.3 is 12.2 Å². The molecule has 0 spiro atoms. The van der Waals surface area contributed by atoms with Crippen LogP contribution in [0.1, 0.15) is 85.0 Å². The van der Waals surface area contributed by atoms with E-state index in [0.29, 0.717) is 29.1 Å². The van der Waals surface area contributed by atoms with Gasteiger partial charge in [0, 0.05) is 23.7 Å². The number of hydrogen-bond acceptors (Lipinski definition) is 5. The molecule has 2 aromatic carbocycles. The van der Waals surface area contributed by atoms with Gasteiger partial charge in [0.2, 0.25) is 5.91 Å². The highest BCUT2D eigenvalue weighted by molar-refractivity contribution is 5.76. The Bertz CT molecular complexity index is 1470. The lowest BCUT2D eigenvalue weighted by atomic mass is 9.43. The van der Waals surface area contributed by atoms with E-state index in [4.69, 9.17) is 20.9 Å². The minimum absolute atomic E-state index is 0.00600. The lowest BCUT2D eigenvalue weighted by Gasteiger charge is -2.63. The quantitative estimate of drug-likeness (QED) is 0.139. The van der Waals surface area contributed by atoms with Crippen molar-refractivity contribution in [2.45, 2.75) is 109 Å². The summed E-state index contributed by atoms with van der Waals surface area (Å²) in [5, 5.41) is 0.890. The van der Waals surface area contributed by atoms with Crippen LogP contribution in [0, 0.1) is 46.3 Å². The molecule has 3 unspecified atom stereocenters. The number of hydrogen-bond donors (Lipinski definition) is 3. The lowest BCUT2D eigenvalue weighted by Crippen LogP contribution is -2.59. The van der Waals surface area contributed by atoms with Crippen LogP contribution in [-0.4, -0.2) is 30.3 Å². The topological polar surface area (TPSA) is 99.6 Å². The molecule has 4 aliphatic carbocycles. The van der Waals surface area contributed by atoms with Gasteiger partial charge in [-0.25, -0.2) is 0 Å². The second-order valence-corrected chi connectivity index (χ2v) is 15.9. The average molecular weight is 692 g/mol. The maximum absolute atomic E-state index is 13.4. The van der Waals surface area contributed by atoms with Gasteiger partial charge in [-0.2, -0.15) is 22.0 Å². The number of nitrogens with two attached hydrogens (primary N) is 2. The fraction of sp³-hybridized carbons (Fsp3) is 0.658. The SMILES string of the molecule is C[C@H](CCC(=O)NC(F)(F)C(F)(F)F)[C@H]1CC[C@H]2[C@@H]3CC(Oc4ccc(N)cc4)C4CC(Oc5ccc(N)cc5)CC[C@]4(C)[C@H]3CC[C@]12C. The van der Waals surface area contributed by atoms with Crippen LogP contribution >= 0.6 is 0 Å². The highest BCUT2D eigenvalue weighted by atomic mass is 19.4. The van der Waals surface area contributed by atoms with E-state index >= 15 is 0 Å². The maximum Gasteiger partial charge on any atom is 0.475 e. The normalized spacial score (nSPS) is 35.0. The highest BCUT2D eigenvalue weighted by Crippen LogP contribution is 2.68. The Kier molecular flexibility index (Phi) is 9.54. The first-order valence-electron chi connectivity index (χ1n) is 17.8. The van der Waals surface area contributed by atoms with Gasteiger partial charge < -0.3 is 20.9 Å². The first kappa shape index (κ1) is 35.6. The molecule has 270 valence electrons. The molecular weight excluding hydrogens is 641 g/mol. The molecule has 0 bridgehead atoms. The molecule has 11 heteroatoms. The lowest BCUT2D eigenvalue weighted by molar-refractivity contribution is -0.292. The third-order valence-corrected chi connectivity index (χ3v) is 13.2. The largest absolute Gasteiger partial charge is 0.490 e. The smallest absolute Gasteiger partial charge is 0.475 e. The summed E-state index contributed by atoms with van der Waals surface area (Å²) >= 11 is 0. The van der Waals surface area contributed by atoms with Crippen molar-refractivity contribution < 1.29 is 36.2 Å². The summed E-state index contributed by atoms with van der Waals surface area (Å²) < 4.78 is 78.2. The zero-order chi connectivity index (χ0) is 35.4. The first-order valence-corrected chi connectivity index (χ1v) is 17.8. The zero-order valence-corrected chi connectivity index (χ0v) is 28.6. The molecule has 6 nitrogen and oxygen atoms in total. The number of benzene rings is 2. The van der Waals surface area contributed by atoms with Crippen LogP contribution in [0.15, 0.2) is 48.5 Å². The van der Waals surface area contributed by atoms with Crippen LogP contribution in [0.25, 0.3) is 0 Å². The van der Waals surface area contributed by atoms with Gasteiger partial charge in [0.25, 0.3) is 0 Å². The molecule has 49 heavy (non-hydrogen) atoms. The van der Waals surface area contributed by atoms with Crippen LogP contribution in [0.3, 0.4) is 0 Å². The Morgan fingerprint density at radius 3 is 2.00 bits per heavy atom. The van der Waals surface area contributed by atoms with Crippen molar-refractivity contribution in [3.63, 3.8) is 0 Å². The number of alkyl halides is 5. The molecule has 0 aliphatic heterocycles. The monoisotopic (exact) mass is 691 g/mol. The van der Waals surface area contributed by atoms with Crippen molar-refractivity contribution in [1.82, 2.24) is 5.32 Å². The number of nitrogen functional groups attached to an aromatic ring is 2. The number of anilines is 2. The number of fused-ring (bicyclic) bond motifs is 5. The van der Waals surface area contributed by atoms with Crippen LogP contribution in [-0.2, 0) is 4.79 Å². The van der Waals surface area contributed by atoms with Crippen LogP contribution < -0.4 is 26.3 Å². The van der Waals surface area contributed by atoms with Gasteiger partial charge in [-0.1, -0.05) is 20.8 Å². The number of nitrogens with one attached hydrogen (secondary N) is 1. The molecule has 4 aliphatic rings. The van der Waals surface area contributed by atoms with E-state index in [0.717, 1.165) is 68.2 Å². The third kappa shape index (κ3) is 6.92. The number of amides is 1. The Hall–Kier alpha value is -3.24. The van der Waals surface area contributed by atoms with Gasteiger partial charge in [0.05, 0.1) is 6.10 Å². The fourth-order valence-corrected chi connectivity index (χ4v) is 10.8. The summed E-state index contributed by atoms with van der Waals surface area (Å²) in [7, 11) is 0. The molecule has 0 radical (unpaired) electrons. The van der Waals surface area contributed by atoms with E-state index in [1.807, 2.05) is 55.5 Å². The zero-order valence-electron chi connectivity index (χ0n) is 28.6. The molecule has 2 aromatic rings. The van der Waals surface area contributed by atoms with Gasteiger partial charge in [-0.15, -0.1) is 0 Å². The van der Waals surface area contributed by atoms with Crippen molar-refractivity contribution in [3.8, 4) is 11.5 Å². The van der Waals surface area contributed by atoms with Crippen molar-refractivity contribution in [2.75, 3.05) is 11.5 Å². The van der Waals surface area contributed by atoms with Crippen molar-refractivity contribution in [1.29, 1.82) is 0 Å². The number of ether oxygens (including phenoxy) is 2. The molecular formula is C38H50F5N3O3. The molecule has 4 saturated carbocycles. The van der Waals surface area contributed by atoms with E-state index in [1.54, 1.807) is 0 Å². The highest BCUT2D eigenvalue weighted by Gasteiger charge is 2.63. The summed E-state index contributed by atoms with van der Waals surface area (Å²) in [6.45, 7) is 6.83. The summed E-state index contributed by atoms with van der Waals surface area (Å²) in [5.74, 6) is 2.26. The molecule has 6 rings (SSSR count). The van der Waals surface area contributed by atoms with Crippen LogP contribution in [0.4, 0.5) is 33.3 Å². The Morgan fingerprint density at radius 2 is 1.39 bits per heavy atom. The predicted octanol–water partition coefficient (Wildman–Crippen LogP) is 9.00. The van der Waals surface area contributed by atoms with E-state index in [1.165, 1.54) is 0 Å². The second-order valence-electron chi connectivity index (χ2n) is 15.9. The van der Waals surface area contributed by atoms with Gasteiger partial charge in [0.15, 0.2) is 0 Å². The minimum Gasteiger partial charge on any atom is -0.490 e. The molecule has 4 fully saturated rings. The second kappa shape index (κ2) is 13.1. The number of carbonyl (C=O) groups excluding carboxylic acids is 1. The number of halogens is 5. The Morgan fingerprint density at radius 1 is 0.816 bits per heavy atom. The van der Waals surface area contributed by atoms with E-state index in [-0.39, 0.29) is 53.6 Å². The number of carbonyl (C=O) groups is 1. The van der Waals surface area contributed by atoms with Crippen LogP contribution in [0.2, 0.25) is 0 Å². The first-order chi connectivity index (χ1) is 23.0. The maximum atomic E-state index is 13.4. The summed E-state index contributed by atoms with van der Waals surface area (Å²) in [6, 6.07) is 9.91. The van der Waals surface area contributed by atoms with E-state index < -0.39 is 18.1 Å². The summed E-state index contributed by atoms with van der Waals surface area (Å²) in [6.07, 6.45) is 1.98. The van der Waals surface area contributed by atoms with Gasteiger partial charge in [-0.05, 0) is 147 Å². The van der Waals surface area contributed by atoms with E-state index in [9.17, 15) is 26.7 Å². The standard InChI is InChI=1S/C38H50F5N3O3/c1-22(4-15-34(47)46-38(42,43)37(39,40)41)29-13-14-30-28-21-33(49-26-11-7-24(45)8-12-26)32-20-27(48-25-9-5-23(44)6-10-25)16-18-36(32,3)31(28)17-19-35(29,30)2/h5-12,22,27-33H,4,13-21,44-45H2,1-3H3,(H,46,47)/t22-,27?,28+,29-,30+,31+,32?,33?,35-,36-/m1/s1. The minimum atomic E-state index is -5.83. The third-order valence-electron chi connectivity index (χ3n) is 13.2. The molecule has 0 saturated heterocycles. The summed E-state index contributed by atoms with van der Waals surface area (Å²) in [4.78, 5) is 12.2. The molecule has 5 N–H and O–H groups in total. The molecule has 10 atom stereocenters. The van der Waals surface area contributed by atoms with Gasteiger partial charge in [-0.3, -0.25) is 10.1 Å². The molecule has 1 amide bonds. The van der Waals surface area contributed by atoms with Gasteiger partial charge in [0.1, 0.15) is 17.6 Å².